The van der Waals surface area contributed by atoms with Crippen molar-refractivity contribution in [3.63, 3.8) is 0 Å². The summed E-state index contributed by atoms with van der Waals surface area (Å²) in [5.41, 5.74) is 1.25. The van der Waals surface area contributed by atoms with Gasteiger partial charge >= 0.3 is 5.97 Å². The molecule has 1 aliphatic rings. The number of carbonyl (C=O) groups is 1. The molecule has 3 aromatic rings. The van der Waals surface area contributed by atoms with Gasteiger partial charge in [0, 0.05) is 56.4 Å². The van der Waals surface area contributed by atoms with Crippen molar-refractivity contribution in [1.82, 2.24) is 9.47 Å². The summed E-state index contributed by atoms with van der Waals surface area (Å²) in [4.78, 5) is 28.0. The number of rotatable bonds is 6. The Morgan fingerprint density at radius 2 is 1.82 bits per heavy atom. The van der Waals surface area contributed by atoms with E-state index in [1.807, 2.05) is 42.2 Å². The summed E-state index contributed by atoms with van der Waals surface area (Å²) in [5.74, 6) is -1.88. The summed E-state index contributed by atoms with van der Waals surface area (Å²) in [6.45, 7) is 5.15. The highest BCUT2D eigenvalue weighted by atomic mass is 19.1. The number of anilines is 1. The van der Waals surface area contributed by atoms with Crippen LogP contribution in [0.4, 0.5) is 10.1 Å². The summed E-state index contributed by atoms with van der Waals surface area (Å²) >= 11 is 0. The van der Waals surface area contributed by atoms with Crippen molar-refractivity contribution in [3.8, 4) is 0 Å². The summed E-state index contributed by atoms with van der Waals surface area (Å²) in [7, 11) is 0. The number of nitrogens with zero attached hydrogens (tertiary/aromatic N) is 4. The van der Waals surface area contributed by atoms with Crippen LogP contribution in [0.25, 0.3) is 10.9 Å². The van der Waals surface area contributed by atoms with Gasteiger partial charge in [0.2, 0.25) is 5.43 Å². The maximum Gasteiger partial charge on any atom is 0.341 e. The fraction of sp³-hybridized carbons (Fsp3) is 0.292. The number of oxime groups is 1. The molecule has 0 atom stereocenters. The molecular weight excluding hydrogens is 427 g/mol. The number of fused-ring (bicyclic) bond motifs is 1. The molecule has 2 heterocycles. The number of carboxylic acids is 1. The molecule has 1 aromatic heterocycles. The minimum absolute atomic E-state index is 0.0586. The summed E-state index contributed by atoms with van der Waals surface area (Å²) < 4.78 is 16.7. The number of aromatic carboxylic acids is 1. The molecule has 0 saturated carbocycles. The Balaban J connectivity index is 1.56. The summed E-state index contributed by atoms with van der Waals surface area (Å²) in [5, 5.41) is 22.3. The Kier molecular flexibility index (Phi) is 6.41. The van der Waals surface area contributed by atoms with Gasteiger partial charge < -0.3 is 19.8 Å². The van der Waals surface area contributed by atoms with E-state index in [0.717, 1.165) is 11.6 Å². The standard InChI is InChI=1S/C24H25FN4O4/c1-2-28-14-18(24(31)32)23(30)17-12-19(25)22(13-21(17)28)29-10-8-27(9-11-29)15-20(26-33)16-6-4-3-5-7-16/h3-7,12-14,33H,2,8-11,15H2,1H3,(H,31,32)/b26-20-. The Morgan fingerprint density at radius 3 is 2.42 bits per heavy atom. The van der Waals surface area contributed by atoms with Crippen molar-refractivity contribution in [1.29, 1.82) is 0 Å². The average Bonchev–Trinajstić information content (AvgIpc) is 2.83. The second-order valence-corrected chi connectivity index (χ2v) is 7.96. The molecule has 0 unspecified atom stereocenters. The first-order chi connectivity index (χ1) is 15.9. The van der Waals surface area contributed by atoms with Crippen LogP contribution in [0.5, 0.6) is 0 Å². The highest BCUT2D eigenvalue weighted by Gasteiger charge is 2.23. The molecule has 0 spiro atoms. The first-order valence-electron chi connectivity index (χ1n) is 10.8. The molecule has 8 nitrogen and oxygen atoms in total. The molecule has 0 radical (unpaired) electrons. The van der Waals surface area contributed by atoms with Gasteiger partial charge in [-0.15, -0.1) is 0 Å². The van der Waals surface area contributed by atoms with Gasteiger partial charge in [0.05, 0.1) is 11.2 Å². The fourth-order valence-corrected chi connectivity index (χ4v) is 4.23. The molecule has 0 amide bonds. The molecule has 0 bridgehead atoms. The Labute approximate surface area is 189 Å². The molecule has 2 N–H and O–H groups in total. The third-order valence-corrected chi connectivity index (χ3v) is 6.03. The van der Waals surface area contributed by atoms with Crippen LogP contribution in [-0.2, 0) is 6.54 Å². The smallest absolute Gasteiger partial charge is 0.341 e. The number of halogens is 1. The number of piperazine rings is 1. The van der Waals surface area contributed by atoms with E-state index < -0.39 is 17.2 Å². The third kappa shape index (κ3) is 4.45. The Bertz CT molecular complexity index is 1260. The number of pyridine rings is 1. The molecule has 4 rings (SSSR count). The summed E-state index contributed by atoms with van der Waals surface area (Å²) in [6, 6.07) is 12.2. The van der Waals surface area contributed by atoms with E-state index >= 15 is 4.39 Å². The SMILES string of the molecule is CCn1cc(C(=O)O)c(=O)c2cc(F)c(N3CCN(C/C(=N/O)c4ccccc4)CC3)cc21. The second-order valence-electron chi connectivity index (χ2n) is 7.96. The van der Waals surface area contributed by atoms with Crippen LogP contribution in [0, 0.1) is 5.82 Å². The van der Waals surface area contributed by atoms with Crippen LogP contribution in [0.1, 0.15) is 22.8 Å². The molecule has 0 aliphatic carbocycles. The average molecular weight is 452 g/mol. The first kappa shape index (κ1) is 22.5. The van der Waals surface area contributed by atoms with Crippen molar-refractivity contribution in [2.45, 2.75) is 13.5 Å². The van der Waals surface area contributed by atoms with Gasteiger partial charge in [-0.2, -0.15) is 0 Å². The van der Waals surface area contributed by atoms with E-state index in [2.05, 4.69) is 10.1 Å². The largest absolute Gasteiger partial charge is 0.477 e. The molecule has 33 heavy (non-hydrogen) atoms. The van der Waals surface area contributed by atoms with Gasteiger partial charge in [0.25, 0.3) is 0 Å². The lowest BCUT2D eigenvalue weighted by Gasteiger charge is -2.36. The number of hydrogen-bond donors (Lipinski definition) is 2. The van der Waals surface area contributed by atoms with E-state index in [4.69, 9.17) is 0 Å². The third-order valence-electron chi connectivity index (χ3n) is 6.03. The number of carboxylic acid groups (broad SMARTS) is 1. The van der Waals surface area contributed by atoms with Gasteiger partial charge in [0.15, 0.2) is 0 Å². The van der Waals surface area contributed by atoms with E-state index in [-0.39, 0.29) is 10.9 Å². The van der Waals surface area contributed by atoms with Crippen molar-refractivity contribution in [2.75, 3.05) is 37.6 Å². The summed E-state index contributed by atoms with van der Waals surface area (Å²) in [6.07, 6.45) is 1.31. The monoisotopic (exact) mass is 452 g/mol. The molecule has 172 valence electrons. The van der Waals surface area contributed by atoms with Gasteiger partial charge in [-0.1, -0.05) is 35.5 Å². The first-order valence-corrected chi connectivity index (χ1v) is 10.8. The van der Waals surface area contributed by atoms with Crippen LogP contribution >= 0.6 is 0 Å². The van der Waals surface area contributed by atoms with Crippen LogP contribution in [0.2, 0.25) is 0 Å². The van der Waals surface area contributed by atoms with Crippen LogP contribution in [0.3, 0.4) is 0 Å². The van der Waals surface area contributed by atoms with Crippen LogP contribution in [0.15, 0.2) is 58.6 Å². The van der Waals surface area contributed by atoms with Gasteiger partial charge in [-0.05, 0) is 19.1 Å². The minimum atomic E-state index is -1.33. The van der Waals surface area contributed by atoms with Crippen molar-refractivity contribution in [3.05, 3.63) is 75.8 Å². The topological polar surface area (TPSA) is 98.4 Å². The molecule has 1 fully saturated rings. The number of benzene rings is 2. The van der Waals surface area contributed by atoms with E-state index in [1.165, 1.54) is 6.20 Å². The van der Waals surface area contributed by atoms with E-state index in [9.17, 15) is 19.9 Å². The minimum Gasteiger partial charge on any atom is -0.477 e. The van der Waals surface area contributed by atoms with Gasteiger partial charge in [-0.3, -0.25) is 9.69 Å². The lowest BCUT2D eigenvalue weighted by molar-refractivity contribution is 0.0695. The number of aromatic nitrogens is 1. The highest BCUT2D eigenvalue weighted by Crippen LogP contribution is 2.26. The molecule has 9 heteroatoms. The predicted octanol–water partition coefficient (Wildman–Crippen LogP) is 2.86. The van der Waals surface area contributed by atoms with Crippen molar-refractivity contribution >= 4 is 28.3 Å². The molecule has 2 aromatic carbocycles. The van der Waals surface area contributed by atoms with Crippen molar-refractivity contribution < 1.29 is 19.5 Å². The van der Waals surface area contributed by atoms with Crippen LogP contribution in [-0.4, -0.2) is 64.2 Å². The van der Waals surface area contributed by atoms with Gasteiger partial charge in [0.1, 0.15) is 17.1 Å². The zero-order chi connectivity index (χ0) is 23.5. The quantitative estimate of drug-likeness (QED) is 0.339. The highest BCUT2D eigenvalue weighted by molar-refractivity contribution is 6.01. The van der Waals surface area contributed by atoms with E-state index in [1.54, 1.807) is 10.6 Å². The molecule has 1 saturated heterocycles. The lowest BCUT2D eigenvalue weighted by Crippen LogP contribution is -2.48. The predicted molar refractivity (Wildman–Crippen MR) is 124 cm³/mol. The second kappa shape index (κ2) is 9.41. The van der Waals surface area contributed by atoms with E-state index in [0.29, 0.717) is 56.2 Å². The Morgan fingerprint density at radius 1 is 1.12 bits per heavy atom. The number of aryl methyl sites for hydroxylation is 1. The lowest BCUT2D eigenvalue weighted by atomic mass is 10.1. The zero-order valence-electron chi connectivity index (χ0n) is 18.2. The zero-order valence-corrected chi connectivity index (χ0v) is 18.2. The van der Waals surface area contributed by atoms with Crippen LogP contribution < -0.4 is 10.3 Å². The van der Waals surface area contributed by atoms with Gasteiger partial charge in [-0.25, -0.2) is 9.18 Å². The maximum atomic E-state index is 15.0. The number of hydrogen-bond acceptors (Lipinski definition) is 6. The molecular formula is C24H25FN4O4. The normalized spacial score (nSPS) is 15.2. The maximum absolute atomic E-state index is 15.0. The van der Waals surface area contributed by atoms with Crippen molar-refractivity contribution in [2.24, 2.45) is 5.16 Å². The fourth-order valence-electron chi connectivity index (χ4n) is 4.23. The molecule has 1 aliphatic heterocycles. The Hall–Kier alpha value is -3.72.